The van der Waals surface area contributed by atoms with Gasteiger partial charge in [-0.25, -0.2) is 4.79 Å². The number of nitrogens with zero attached hydrogens (tertiary/aromatic N) is 3. The monoisotopic (exact) mass is 478 g/mol. The normalized spacial score (nSPS) is 20.2. The number of benzene rings is 2. The first kappa shape index (κ1) is 24.6. The van der Waals surface area contributed by atoms with Crippen molar-refractivity contribution in [3.8, 4) is 5.75 Å². The number of rotatable bonds is 7. The first-order valence-electron chi connectivity index (χ1n) is 12.3. The summed E-state index contributed by atoms with van der Waals surface area (Å²) in [6.45, 7) is 4.56. The predicted molar refractivity (Wildman–Crippen MR) is 134 cm³/mol. The number of urea groups is 1. The molecule has 0 aliphatic carbocycles. The maximum Gasteiger partial charge on any atom is 0.321 e. The molecule has 2 aliphatic rings. The van der Waals surface area contributed by atoms with Gasteiger partial charge in [0.1, 0.15) is 5.75 Å². The molecule has 0 saturated carbocycles. The summed E-state index contributed by atoms with van der Waals surface area (Å²) in [6.07, 6.45) is 2.09. The van der Waals surface area contributed by atoms with Crippen LogP contribution in [0.25, 0.3) is 0 Å². The molecule has 8 nitrogen and oxygen atoms in total. The third-order valence-corrected chi connectivity index (χ3v) is 6.86. The molecule has 4 amide bonds. The van der Waals surface area contributed by atoms with Crippen molar-refractivity contribution < 1.29 is 19.1 Å². The lowest BCUT2D eigenvalue weighted by Crippen LogP contribution is -2.53. The summed E-state index contributed by atoms with van der Waals surface area (Å²) in [5.41, 5.74) is 1.70. The molecule has 35 heavy (non-hydrogen) atoms. The van der Waals surface area contributed by atoms with Gasteiger partial charge < -0.3 is 24.8 Å². The summed E-state index contributed by atoms with van der Waals surface area (Å²) in [4.78, 5) is 44.6. The van der Waals surface area contributed by atoms with Crippen molar-refractivity contribution in [1.82, 2.24) is 14.7 Å². The van der Waals surface area contributed by atoms with Gasteiger partial charge in [0.2, 0.25) is 11.8 Å². The molecule has 2 aromatic rings. The van der Waals surface area contributed by atoms with E-state index in [1.165, 1.54) is 0 Å². The molecule has 8 heteroatoms. The second kappa shape index (κ2) is 11.3. The number of para-hydroxylation sites is 1. The molecule has 186 valence electrons. The summed E-state index contributed by atoms with van der Waals surface area (Å²) in [5.74, 6) is 0.322. The standard InChI is InChI=1S/C27H34N4O4/c1-3-4-14-31-24(32)19-23(25(31)20-10-12-22(35-2)13-11-20)26(33)29-15-17-30(18-16-29)27(34)28-21-8-6-5-7-9-21/h5-13,23,25H,3-4,14-19H2,1-2H3,(H,28,34)/t23-,25-/m0/s1. The highest BCUT2D eigenvalue weighted by Crippen LogP contribution is 2.40. The Morgan fingerprint density at radius 2 is 1.63 bits per heavy atom. The highest BCUT2D eigenvalue weighted by atomic mass is 16.5. The Kier molecular flexibility index (Phi) is 7.90. The molecule has 0 radical (unpaired) electrons. The van der Waals surface area contributed by atoms with Gasteiger partial charge in [-0.1, -0.05) is 43.7 Å². The average Bonchev–Trinajstić information content (AvgIpc) is 3.23. The zero-order valence-corrected chi connectivity index (χ0v) is 20.5. The number of methoxy groups -OCH3 is 1. The van der Waals surface area contributed by atoms with Gasteiger partial charge >= 0.3 is 6.03 Å². The molecule has 2 atom stereocenters. The number of carbonyl (C=O) groups excluding carboxylic acids is 3. The highest BCUT2D eigenvalue weighted by Gasteiger charge is 2.46. The molecule has 2 heterocycles. The van der Waals surface area contributed by atoms with E-state index in [1.54, 1.807) is 12.0 Å². The van der Waals surface area contributed by atoms with Gasteiger partial charge in [0.25, 0.3) is 0 Å². The third kappa shape index (κ3) is 5.58. The zero-order chi connectivity index (χ0) is 24.8. The molecule has 2 aromatic carbocycles. The number of anilines is 1. The van der Waals surface area contributed by atoms with Gasteiger partial charge in [0, 0.05) is 44.8 Å². The quantitative estimate of drug-likeness (QED) is 0.657. The van der Waals surface area contributed by atoms with Crippen molar-refractivity contribution in [2.24, 2.45) is 5.92 Å². The fourth-order valence-corrected chi connectivity index (χ4v) is 4.91. The number of nitrogens with one attached hydrogen (secondary N) is 1. The van der Waals surface area contributed by atoms with Crippen LogP contribution in [0.3, 0.4) is 0 Å². The Balaban J connectivity index is 1.44. The van der Waals surface area contributed by atoms with Crippen molar-refractivity contribution in [1.29, 1.82) is 0 Å². The van der Waals surface area contributed by atoms with E-state index in [1.807, 2.05) is 64.4 Å². The van der Waals surface area contributed by atoms with E-state index in [0.717, 1.165) is 29.8 Å². The second-order valence-electron chi connectivity index (χ2n) is 9.08. The van der Waals surface area contributed by atoms with Crippen LogP contribution in [-0.4, -0.2) is 72.4 Å². The number of amides is 4. The van der Waals surface area contributed by atoms with E-state index in [0.29, 0.717) is 32.7 Å². The van der Waals surface area contributed by atoms with Crippen molar-refractivity contribution in [3.63, 3.8) is 0 Å². The van der Waals surface area contributed by atoms with Crippen molar-refractivity contribution in [2.45, 2.75) is 32.2 Å². The van der Waals surface area contributed by atoms with Crippen LogP contribution in [0.4, 0.5) is 10.5 Å². The maximum atomic E-state index is 13.6. The van der Waals surface area contributed by atoms with E-state index < -0.39 is 5.92 Å². The Morgan fingerprint density at radius 1 is 0.971 bits per heavy atom. The molecular weight excluding hydrogens is 444 g/mol. The highest BCUT2D eigenvalue weighted by molar-refractivity contribution is 5.91. The smallest absolute Gasteiger partial charge is 0.321 e. The van der Waals surface area contributed by atoms with Crippen LogP contribution in [0.1, 0.15) is 37.8 Å². The SMILES string of the molecule is CCCCN1C(=O)C[C@H](C(=O)N2CCN(C(=O)Nc3ccccc3)CC2)[C@@H]1c1ccc(OC)cc1. The van der Waals surface area contributed by atoms with Crippen molar-refractivity contribution in [3.05, 3.63) is 60.2 Å². The van der Waals surface area contributed by atoms with E-state index >= 15 is 0 Å². The average molecular weight is 479 g/mol. The second-order valence-corrected chi connectivity index (χ2v) is 9.08. The van der Waals surface area contributed by atoms with E-state index in [-0.39, 0.29) is 30.3 Å². The van der Waals surface area contributed by atoms with Crippen LogP contribution in [0.15, 0.2) is 54.6 Å². The maximum absolute atomic E-state index is 13.6. The number of hydrogen-bond acceptors (Lipinski definition) is 4. The molecule has 4 rings (SSSR count). The van der Waals surface area contributed by atoms with Gasteiger partial charge in [0.15, 0.2) is 0 Å². The Labute approximate surface area is 206 Å². The summed E-state index contributed by atoms with van der Waals surface area (Å²) in [7, 11) is 1.62. The molecular formula is C27H34N4O4. The zero-order valence-electron chi connectivity index (χ0n) is 20.5. The first-order chi connectivity index (χ1) is 17.0. The topological polar surface area (TPSA) is 82.2 Å². The van der Waals surface area contributed by atoms with Gasteiger partial charge in [-0.2, -0.15) is 0 Å². The molecule has 0 spiro atoms. The van der Waals surface area contributed by atoms with Gasteiger partial charge in [0.05, 0.1) is 19.1 Å². The molecule has 1 N–H and O–H groups in total. The van der Waals surface area contributed by atoms with E-state index in [9.17, 15) is 14.4 Å². The van der Waals surface area contributed by atoms with E-state index in [4.69, 9.17) is 4.74 Å². The molecule has 0 aromatic heterocycles. The molecule has 0 unspecified atom stereocenters. The van der Waals surface area contributed by atoms with Gasteiger partial charge in [-0.15, -0.1) is 0 Å². The Morgan fingerprint density at radius 3 is 2.26 bits per heavy atom. The molecule has 2 saturated heterocycles. The largest absolute Gasteiger partial charge is 0.497 e. The lowest BCUT2D eigenvalue weighted by Gasteiger charge is -2.37. The minimum atomic E-state index is -0.433. The number of ether oxygens (including phenoxy) is 1. The molecule has 2 fully saturated rings. The van der Waals surface area contributed by atoms with E-state index in [2.05, 4.69) is 12.2 Å². The number of carbonyl (C=O) groups is 3. The van der Waals surface area contributed by atoms with Crippen molar-refractivity contribution >= 4 is 23.5 Å². The van der Waals surface area contributed by atoms with Crippen molar-refractivity contribution in [2.75, 3.05) is 45.2 Å². The minimum Gasteiger partial charge on any atom is -0.497 e. The van der Waals surface area contributed by atoms with Crippen LogP contribution >= 0.6 is 0 Å². The number of likely N-dealkylation sites (tertiary alicyclic amines) is 1. The Hall–Kier alpha value is -3.55. The lowest BCUT2D eigenvalue weighted by atomic mass is 9.92. The van der Waals surface area contributed by atoms with Gasteiger partial charge in [-0.3, -0.25) is 9.59 Å². The summed E-state index contributed by atoms with van der Waals surface area (Å²) < 4.78 is 5.29. The number of piperazine rings is 1. The molecule has 2 aliphatic heterocycles. The lowest BCUT2D eigenvalue weighted by molar-refractivity contribution is -0.138. The van der Waals surface area contributed by atoms with Crippen LogP contribution in [0, 0.1) is 5.92 Å². The fourth-order valence-electron chi connectivity index (χ4n) is 4.91. The van der Waals surface area contributed by atoms with Gasteiger partial charge in [-0.05, 0) is 36.2 Å². The van der Waals surface area contributed by atoms with Crippen LogP contribution < -0.4 is 10.1 Å². The van der Waals surface area contributed by atoms with Crippen LogP contribution in [0.2, 0.25) is 0 Å². The van der Waals surface area contributed by atoms with Crippen LogP contribution in [-0.2, 0) is 9.59 Å². The fraction of sp³-hybridized carbons (Fsp3) is 0.444. The summed E-state index contributed by atoms with van der Waals surface area (Å²) in [5, 5.41) is 2.90. The van der Waals surface area contributed by atoms with Crippen LogP contribution in [0.5, 0.6) is 5.75 Å². The minimum absolute atomic E-state index is 0.0127. The summed E-state index contributed by atoms with van der Waals surface area (Å²) in [6, 6.07) is 16.5. The Bertz CT molecular complexity index is 1020. The first-order valence-corrected chi connectivity index (χ1v) is 12.3. The third-order valence-electron chi connectivity index (χ3n) is 6.86. The number of unbranched alkanes of at least 4 members (excludes halogenated alkanes) is 1. The summed E-state index contributed by atoms with van der Waals surface area (Å²) >= 11 is 0. The number of hydrogen-bond donors (Lipinski definition) is 1. The molecule has 0 bridgehead atoms. The predicted octanol–water partition coefficient (Wildman–Crippen LogP) is 3.76.